The van der Waals surface area contributed by atoms with Crippen LogP contribution in [0.1, 0.15) is 40.0 Å². The van der Waals surface area contributed by atoms with Crippen molar-refractivity contribution in [2.45, 2.75) is 26.3 Å². The first-order chi connectivity index (χ1) is 13.0. The van der Waals surface area contributed by atoms with Crippen LogP contribution in [0, 0.1) is 0 Å². The zero-order valence-electron chi connectivity index (χ0n) is 15.2. The number of H-pyrrole nitrogens is 1. The minimum absolute atomic E-state index is 0.0985. The van der Waals surface area contributed by atoms with Gasteiger partial charge in [0.05, 0.1) is 32.6 Å². The van der Waals surface area contributed by atoms with E-state index in [2.05, 4.69) is 39.5 Å². The zero-order chi connectivity index (χ0) is 19.0. The van der Waals surface area contributed by atoms with Crippen LogP contribution in [0.2, 0.25) is 0 Å². The molecule has 27 heavy (non-hydrogen) atoms. The second-order valence-electron chi connectivity index (χ2n) is 6.63. The number of thiazole rings is 1. The Morgan fingerprint density at radius 2 is 2.22 bits per heavy atom. The number of hydrogen-bond donors (Lipinski definition) is 2. The molecule has 0 saturated heterocycles. The zero-order valence-corrected chi connectivity index (χ0v) is 16.8. The summed E-state index contributed by atoms with van der Waals surface area (Å²) in [5, 5.41) is 4.89. The fraction of sp³-hybridized carbons (Fsp3) is 0.200. The minimum atomic E-state index is -0.0985. The Kier molecular flexibility index (Phi) is 4.72. The number of nitrogens with one attached hydrogen (secondary N) is 2. The second-order valence-corrected chi connectivity index (χ2v) is 8.79. The maximum atomic E-state index is 12.6. The molecule has 0 aliphatic heterocycles. The van der Waals surface area contributed by atoms with Gasteiger partial charge in [0.25, 0.3) is 5.91 Å². The maximum Gasteiger partial charge on any atom is 0.251 e. The van der Waals surface area contributed by atoms with Gasteiger partial charge in [-0.1, -0.05) is 32.0 Å². The van der Waals surface area contributed by atoms with Crippen LogP contribution in [-0.2, 0) is 6.54 Å². The van der Waals surface area contributed by atoms with Crippen molar-refractivity contribution in [2.24, 2.45) is 0 Å². The van der Waals surface area contributed by atoms with E-state index in [-0.39, 0.29) is 5.91 Å². The molecule has 5 nitrogen and oxygen atoms in total. The van der Waals surface area contributed by atoms with Crippen molar-refractivity contribution in [1.82, 2.24) is 19.1 Å². The molecule has 0 atom stereocenters. The van der Waals surface area contributed by atoms with Gasteiger partial charge in [0.15, 0.2) is 0 Å². The van der Waals surface area contributed by atoms with Crippen LogP contribution >= 0.6 is 22.9 Å². The number of aromatic amines is 1. The minimum Gasteiger partial charge on any atom is -0.353 e. The Balaban J connectivity index is 1.60. The normalized spacial score (nSPS) is 11.4. The molecule has 0 aliphatic rings. The molecule has 1 aromatic carbocycles. The highest BCUT2D eigenvalue weighted by Crippen LogP contribution is 2.21. The van der Waals surface area contributed by atoms with Gasteiger partial charge in [-0.2, -0.15) is 0 Å². The number of carbonyl (C=O) groups excluding carboxylic acids is 1. The average molecular weight is 397 g/mol. The molecule has 2 N–H and O–H groups in total. The van der Waals surface area contributed by atoms with E-state index in [9.17, 15) is 4.79 Å². The quantitative estimate of drug-likeness (QED) is 0.542. The molecular formula is C20H20N4OS2. The van der Waals surface area contributed by atoms with Crippen molar-refractivity contribution in [3.63, 3.8) is 0 Å². The van der Waals surface area contributed by atoms with Gasteiger partial charge < -0.3 is 10.3 Å². The fourth-order valence-electron chi connectivity index (χ4n) is 2.80. The van der Waals surface area contributed by atoms with Crippen molar-refractivity contribution in [1.29, 1.82) is 0 Å². The number of amides is 1. The molecule has 0 radical (unpaired) electrons. The van der Waals surface area contributed by atoms with Gasteiger partial charge in [-0.3, -0.25) is 8.58 Å². The first-order valence-electron chi connectivity index (χ1n) is 8.70. The van der Waals surface area contributed by atoms with Crippen LogP contribution < -0.4 is 10.7 Å². The van der Waals surface area contributed by atoms with Gasteiger partial charge in [0.1, 0.15) is 0 Å². The molecule has 7 heteroatoms. The van der Waals surface area contributed by atoms with Crippen LogP contribution in [0.5, 0.6) is 0 Å². The van der Waals surface area contributed by atoms with Gasteiger partial charge in [0, 0.05) is 28.8 Å². The summed E-state index contributed by atoms with van der Waals surface area (Å²) in [6, 6.07) is 9.70. The third-order valence-electron chi connectivity index (χ3n) is 4.23. The summed E-state index contributed by atoms with van der Waals surface area (Å²) >= 11 is 3.25. The average Bonchev–Trinajstić information content (AvgIpc) is 3.28. The van der Waals surface area contributed by atoms with Crippen molar-refractivity contribution in [3.8, 4) is 0 Å². The van der Waals surface area contributed by atoms with Crippen LogP contribution in [0.15, 0.2) is 42.7 Å². The molecule has 0 saturated carbocycles. The highest BCUT2D eigenvalue weighted by molar-refractivity contribution is 7.13. The molecule has 138 valence electrons. The lowest BCUT2D eigenvalue weighted by molar-refractivity contribution is 0.0951. The monoisotopic (exact) mass is 396 g/mol. The number of aromatic nitrogens is 3. The molecule has 4 aromatic rings. The Morgan fingerprint density at radius 1 is 1.37 bits per heavy atom. The summed E-state index contributed by atoms with van der Waals surface area (Å²) in [6.45, 7) is 8.82. The number of fused-ring (bicyclic) bond motifs is 2. The molecule has 0 bridgehead atoms. The molecule has 1 amide bonds. The number of rotatable bonds is 4. The van der Waals surface area contributed by atoms with Gasteiger partial charge in [-0.25, -0.2) is 4.98 Å². The highest BCUT2D eigenvalue weighted by Gasteiger charge is 2.10. The Labute approximate surface area is 164 Å². The van der Waals surface area contributed by atoms with E-state index in [1.54, 1.807) is 22.9 Å². The molecule has 3 aromatic heterocycles. The van der Waals surface area contributed by atoms with Gasteiger partial charge in [-0.05, 0) is 30.3 Å². The fourth-order valence-corrected chi connectivity index (χ4v) is 4.61. The van der Waals surface area contributed by atoms with Crippen molar-refractivity contribution < 1.29 is 4.79 Å². The summed E-state index contributed by atoms with van der Waals surface area (Å²) in [7, 11) is 0. The number of nitrogens with zero attached hydrogens (tertiary/aromatic N) is 2. The molecule has 0 fully saturated rings. The lowest BCUT2D eigenvalue weighted by Crippen LogP contribution is -2.22. The maximum absolute atomic E-state index is 12.6. The SMILES string of the molecule is C=c1[nH]c2cc(C(=O)NCc3cnc(C(C)C)s3)ccc2sn2cccc12. The van der Waals surface area contributed by atoms with Crippen LogP contribution in [0.3, 0.4) is 0 Å². The smallest absolute Gasteiger partial charge is 0.251 e. The molecule has 3 heterocycles. The van der Waals surface area contributed by atoms with Crippen LogP contribution in [-0.4, -0.2) is 19.7 Å². The predicted octanol–water partition coefficient (Wildman–Crippen LogP) is 4.25. The first-order valence-corrected chi connectivity index (χ1v) is 10.3. The molecule has 0 spiro atoms. The third-order valence-corrected chi connectivity index (χ3v) is 6.60. The lowest BCUT2D eigenvalue weighted by Gasteiger charge is -2.04. The van der Waals surface area contributed by atoms with E-state index < -0.39 is 0 Å². The summed E-state index contributed by atoms with van der Waals surface area (Å²) in [6.07, 6.45) is 3.84. The highest BCUT2D eigenvalue weighted by atomic mass is 32.1. The Bertz CT molecular complexity index is 1210. The molecule has 0 aliphatic carbocycles. The molecular weight excluding hydrogens is 376 g/mol. The van der Waals surface area contributed by atoms with E-state index in [1.807, 2.05) is 42.7 Å². The van der Waals surface area contributed by atoms with E-state index in [1.165, 1.54) is 0 Å². The van der Waals surface area contributed by atoms with Gasteiger partial charge >= 0.3 is 0 Å². The van der Waals surface area contributed by atoms with Crippen molar-refractivity contribution >= 4 is 51.1 Å². The summed E-state index contributed by atoms with van der Waals surface area (Å²) in [4.78, 5) is 21.4. The predicted molar refractivity (Wildman–Crippen MR) is 113 cm³/mol. The second kappa shape index (κ2) is 7.17. The Hall–Kier alpha value is -2.64. The number of benzene rings is 1. The van der Waals surface area contributed by atoms with Crippen LogP contribution in [0.25, 0.3) is 22.3 Å². The molecule has 0 unspecified atom stereocenters. The van der Waals surface area contributed by atoms with Crippen molar-refractivity contribution in [3.05, 3.63) is 63.5 Å². The van der Waals surface area contributed by atoms with E-state index >= 15 is 0 Å². The largest absolute Gasteiger partial charge is 0.353 e. The van der Waals surface area contributed by atoms with Crippen molar-refractivity contribution in [2.75, 3.05) is 0 Å². The summed E-state index contributed by atoms with van der Waals surface area (Å²) < 4.78 is 3.11. The van der Waals surface area contributed by atoms with E-state index in [0.29, 0.717) is 18.0 Å². The Morgan fingerprint density at radius 3 is 3.00 bits per heavy atom. The molecule has 4 rings (SSSR count). The summed E-state index contributed by atoms with van der Waals surface area (Å²) in [5.74, 6) is 0.305. The standard InChI is InChI=1S/C20H20N4OS2/c1-12(2)20-22-11-15(26-20)10-21-19(25)14-6-7-18-16(9-14)23-13(3)17-5-4-8-24(17)27-18/h4-9,11-12,23H,3,10H2,1-2H3,(H,21,25). The lowest BCUT2D eigenvalue weighted by atomic mass is 10.2. The van der Waals surface area contributed by atoms with E-state index in [4.69, 9.17) is 0 Å². The van der Waals surface area contributed by atoms with Gasteiger partial charge in [0.2, 0.25) is 0 Å². The summed E-state index contributed by atoms with van der Waals surface area (Å²) in [5.41, 5.74) is 2.53. The number of carbonyl (C=O) groups is 1. The first kappa shape index (κ1) is 17.8. The van der Waals surface area contributed by atoms with Gasteiger partial charge in [-0.15, -0.1) is 11.3 Å². The van der Waals surface area contributed by atoms with Crippen LogP contribution in [0.4, 0.5) is 0 Å². The number of hydrogen-bond acceptors (Lipinski definition) is 4. The topological polar surface area (TPSA) is 62.2 Å². The third kappa shape index (κ3) is 3.61. The van der Waals surface area contributed by atoms with E-state index in [0.717, 1.165) is 31.0 Å².